The molecule has 0 unspecified atom stereocenters. The number of allylic oxidation sites excluding steroid dienone is 4. The van der Waals surface area contributed by atoms with Gasteiger partial charge in [-0.2, -0.15) is 0 Å². The van der Waals surface area contributed by atoms with E-state index in [2.05, 4.69) is 6.08 Å². The van der Waals surface area contributed by atoms with Gasteiger partial charge in [-0.15, -0.1) is 0 Å². The van der Waals surface area contributed by atoms with E-state index < -0.39 is 0 Å². The standard InChI is InChI=1S/C10H16O/c1-4-6-9(2)7-5-8-10(3)11/h4,6-7H,5,8H2,1-3H3/b6-4-,9-7-. The van der Waals surface area contributed by atoms with Gasteiger partial charge in [0.25, 0.3) is 0 Å². The van der Waals surface area contributed by atoms with Crippen molar-refractivity contribution in [2.24, 2.45) is 0 Å². The van der Waals surface area contributed by atoms with E-state index in [1.54, 1.807) is 6.92 Å². The molecule has 0 aromatic rings. The van der Waals surface area contributed by atoms with Crippen LogP contribution in [0.1, 0.15) is 33.6 Å². The third kappa shape index (κ3) is 7.04. The summed E-state index contributed by atoms with van der Waals surface area (Å²) in [6, 6.07) is 0. The van der Waals surface area contributed by atoms with Gasteiger partial charge in [-0.05, 0) is 27.2 Å². The molecule has 0 aliphatic rings. The van der Waals surface area contributed by atoms with E-state index in [0.29, 0.717) is 6.42 Å². The van der Waals surface area contributed by atoms with E-state index in [-0.39, 0.29) is 5.78 Å². The Hall–Kier alpha value is -0.850. The second-order valence-corrected chi connectivity index (χ2v) is 2.69. The van der Waals surface area contributed by atoms with Crippen molar-refractivity contribution in [3.63, 3.8) is 0 Å². The molecule has 0 saturated heterocycles. The van der Waals surface area contributed by atoms with Gasteiger partial charge in [-0.25, -0.2) is 0 Å². The Morgan fingerprint density at radius 3 is 2.45 bits per heavy atom. The lowest BCUT2D eigenvalue weighted by Gasteiger charge is -1.91. The summed E-state index contributed by atoms with van der Waals surface area (Å²) in [5.41, 5.74) is 1.23. The Balaban J connectivity index is 3.64. The van der Waals surface area contributed by atoms with Crippen molar-refractivity contribution < 1.29 is 4.79 Å². The van der Waals surface area contributed by atoms with Crippen molar-refractivity contribution in [1.82, 2.24) is 0 Å². The van der Waals surface area contributed by atoms with E-state index in [9.17, 15) is 4.79 Å². The Bertz CT molecular complexity index is 175. The predicted octanol–water partition coefficient (Wildman–Crippen LogP) is 2.88. The monoisotopic (exact) mass is 152 g/mol. The number of rotatable bonds is 4. The zero-order chi connectivity index (χ0) is 8.69. The fourth-order valence-corrected chi connectivity index (χ4v) is 0.834. The maximum atomic E-state index is 10.5. The van der Waals surface area contributed by atoms with E-state index in [1.165, 1.54) is 5.57 Å². The fourth-order valence-electron chi connectivity index (χ4n) is 0.834. The number of ketones is 1. The maximum absolute atomic E-state index is 10.5. The summed E-state index contributed by atoms with van der Waals surface area (Å²) in [5.74, 6) is 0.259. The molecule has 0 aliphatic heterocycles. The highest BCUT2D eigenvalue weighted by atomic mass is 16.1. The fraction of sp³-hybridized carbons (Fsp3) is 0.500. The van der Waals surface area contributed by atoms with Crippen LogP contribution in [-0.2, 0) is 4.79 Å². The highest BCUT2D eigenvalue weighted by Crippen LogP contribution is 2.00. The predicted molar refractivity (Wildman–Crippen MR) is 48.5 cm³/mol. The number of hydrogen-bond donors (Lipinski definition) is 0. The smallest absolute Gasteiger partial charge is 0.130 e. The average molecular weight is 152 g/mol. The van der Waals surface area contributed by atoms with Crippen molar-refractivity contribution in [2.45, 2.75) is 33.6 Å². The second kappa shape index (κ2) is 5.90. The van der Waals surface area contributed by atoms with Gasteiger partial charge in [0.05, 0.1) is 0 Å². The minimum absolute atomic E-state index is 0.259. The lowest BCUT2D eigenvalue weighted by Crippen LogP contribution is -1.86. The molecule has 1 heteroatoms. The van der Waals surface area contributed by atoms with Crippen LogP contribution in [0.2, 0.25) is 0 Å². The molecule has 0 heterocycles. The number of hydrogen-bond acceptors (Lipinski definition) is 1. The minimum atomic E-state index is 0.259. The normalized spacial score (nSPS) is 12.5. The third-order valence-corrected chi connectivity index (χ3v) is 1.39. The first-order valence-electron chi connectivity index (χ1n) is 3.95. The van der Waals surface area contributed by atoms with Crippen molar-refractivity contribution in [1.29, 1.82) is 0 Å². The van der Waals surface area contributed by atoms with Crippen LogP contribution in [0.25, 0.3) is 0 Å². The highest BCUT2D eigenvalue weighted by molar-refractivity contribution is 5.75. The average Bonchev–Trinajstić information content (AvgIpc) is 1.87. The molecule has 0 spiro atoms. The largest absolute Gasteiger partial charge is 0.300 e. The molecule has 0 rings (SSSR count). The van der Waals surface area contributed by atoms with Crippen LogP contribution in [0, 0.1) is 0 Å². The Labute approximate surface area is 68.8 Å². The van der Waals surface area contributed by atoms with Crippen LogP contribution in [-0.4, -0.2) is 5.78 Å². The molecule has 0 amide bonds. The van der Waals surface area contributed by atoms with Crippen LogP contribution in [0.4, 0.5) is 0 Å². The molecule has 0 aliphatic carbocycles. The summed E-state index contributed by atoms with van der Waals surface area (Å²) >= 11 is 0. The lowest BCUT2D eigenvalue weighted by molar-refractivity contribution is -0.116. The summed E-state index contributed by atoms with van der Waals surface area (Å²) in [6.07, 6.45) is 7.65. The summed E-state index contributed by atoms with van der Waals surface area (Å²) in [6.45, 7) is 5.65. The van der Waals surface area contributed by atoms with Crippen molar-refractivity contribution in [2.75, 3.05) is 0 Å². The molecule has 11 heavy (non-hydrogen) atoms. The van der Waals surface area contributed by atoms with Crippen molar-refractivity contribution >= 4 is 5.78 Å². The molecule has 0 aromatic heterocycles. The molecular weight excluding hydrogens is 136 g/mol. The molecule has 0 radical (unpaired) electrons. The zero-order valence-electron chi connectivity index (χ0n) is 7.55. The maximum Gasteiger partial charge on any atom is 0.130 e. The van der Waals surface area contributed by atoms with Gasteiger partial charge in [0.2, 0.25) is 0 Å². The first kappa shape index (κ1) is 10.2. The minimum Gasteiger partial charge on any atom is -0.300 e. The molecule has 0 atom stereocenters. The Kier molecular flexibility index (Phi) is 5.44. The van der Waals surface area contributed by atoms with E-state index in [4.69, 9.17) is 0 Å². The number of carbonyl (C=O) groups excluding carboxylic acids is 1. The molecule has 0 fully saturated rings. The number of Topliss-reactive ketones (excluding diaryl/α,β-unsaturated/α-hetero) is 1. The van der Waals surface area contributed by atoms with Gasteiger partial charge in [0.15, 0.2) is 0 Å². The highest BCUT2D eigenvalue weighted by Gasteiger charge is 1.89. The Morgan fingerprint density at radius 2 is 2.00 bits per heavy atom. The van der Waals surface area contributed by atoms with Crippen molar-refractivity contribution in [3.8, 4) is 0 Å². The first-order chi connectivity index (χ1) is 5.16. The summed E-state index contributed by atoms with van der Waals surface area (Å²) in [5, 5.41) is 0. The van der Waals surface area contributed by atoms with Crippen LogP contribution in [0.5, 0.6) is 0 Å². The van der Waals surface area contributed by atoms with Gasteiger partial charge in [0.1, 0.15) is 5.78 Å². The van der Waals surface area contributed by atoms with Crippen LogP contribution in [0.3, 0.4) is 0 Å². The second-order valence-electron chi connectivity index (χ2n) is 2.69. The van der Waals surface area contributed by atoms with Gasteiger partial charge in [-0.1, -0.05) is 23.8 Å². The SMILES string of the molecule is C/C=C\C(C)=C/CCC(C)=O. The lowest BCUT2D eigenvalue weighted by atomic mass is 10.2. The number of carbonyl (C=O) groups is 1. The van der Waals surface area contributed by atoms with E-state index in [1.807, 2.05) is 26.0 Å². The molecule has 0 bridgehead atoms. The summed E-state index contributed by atoms with van der Waals surface area (Å²) in [4.78, 5) is 10.5. The van der Waals surface area contributed by atoms with Crippen LogP contribution >= 0.6 is 0 Å². The van der Waals surface area contributed by atoms with Gasteiger partial charge in [0, 0.05) is 6.42 Å². The molecule has 0 saturated carbocycles. The Morgan fingerprint density at radius 1 is 1.36 bits per heavy atom. The quantitative estimate of drug-likeness (QED) is 0.566. The molecule has 0 aromatic carbocycles. The summed E-state index contributed by atoms with van der Waals surface area (Å²) in [7, 11) is 0. The third-order valence-electron chi connectivity index (χ3n) is 1.39. The molecule has 0 N–H and O–H groups in total. The zero-order valence-corrected chi connectivity index (χ0v) is 7.55. The van der Waals surface area contributed by atoms with Crippen molar-refractivity contribution in [3.05, 3.63) is 23.8 Å². The van der Waals surface area contributed by atoms with Crippen LogP contribution < -0.4 is 0 Å². The topological polar surface area (TPSA) is 17.1 Å². The van der Waals surface area contributed by atoms with Gasteiger partial charge >= 0.3 is 0 Å². The van der Waals surface area contributed by atoms with Gasteiger partial charge in [-0.3, -0.25) is 0 Å². The van der Waals surface area contributed by atoms with E-state index >= 15 is 0 Å². The summed E-state index contributed by atoms with van der Waals surface area (Å²) < 4.78 is 0. The van der Waals surface area contributed by atoms with E-state index in [0.717, 1.165) is 6.42 Å². The molecule has 1 nitrogen and oxygen atoms in total. The molecule has 62 valence electrons. The molecular formula is C10H16O. The first-order valence-corrected chi connectivity index (χ1v) is 3.95. The van der Waals surface area contributed by atoms with Gasteiger partial charge < -0.3 is 4.79 Å². The van der Waals surface area contributed by atoms with Crippen LogP contribution in [0.15, 0.2) is 23.8 Å².